The molecular weight excluding hydrogens is 1340 g/mol. The molecular formula is C102H76N8. The van der Waals surface area contributed by atoms with Crippen LogP contribution in [0.15, 0.2) is 388 Å². The van der Waals surface area contributed by atoms with Crippen LogP contribution in [0.2, 0.25) is 0 Å². The van der Waals surface area contributed by atoms with Gasteiger partial charge in [-0.2, -0.15) is 0 Å². The molecule has 0 aliphatic rings. The van der Waals surface area contributed by atoms with Crippen LogP contribution < -0.4 is 0 Å². The van der Waals surface area contributed by atoms with Crippen LogP contribution in [0.1, 0.15) is 22.4 Å². The van der Waals surface area contributed by atoms with E-state index >= 15 is 0 Å². The maximum absolute atomic E-state index is 4.96. The van der Waals surface area contributed by atoms with Crippen LogP contribution in [-0.2, 0) is 0 Å². The smallest absolute Gasteiger partial charge is 0.160 e. The first kappa shape index (κ1) is 70.0. The quantitative estimate of drug-likeness (QED) is 0.126. The molecule has 0 fully saturated rings. The van der Waals surface area contributed by atoms with Crippen molar-refractivity contribution in [2.24, 2.45) is 0 Å². The summed E-state index contributed by atoms with van der Waals surface area (Å²) in [6.45, 7) is 8.33. The van der Waals surface area contributed by atoms with Crippen molar-refractivity contribution in [2.75, 3.05) is 0 Å². The molecule has 0 unspecified atom stereocenters. The Morgan fingerprint density at radius 1 is 0.155 bits per heavy atom. The van der Waals surface area contributed by atoms with Crippen molar-refractivity contribution in [3.05, 3.63) is 411 Å². The number of aryl methyl sites for hydroxylation is 4. The van der Waals surface area contributed by atoms with Crippen molar-refractivity contribution >= 4 is 43.1 Å². The van der Waals surface area contributed by atoms with Gasteiger partial charge >= 0.3 is 0 Å². The second-order valence-electron chi connectivity index (χ2n) is 27.4. The van der Waals surface area contributed by atoms with Crippen LogP contribution in [0.5, 0.6) is 0 Å². The zero-order valence-electron chi connectivity index (χ0n) is 61.5. The van der Waals surface area contributed by atoms with Gasteiger partial charge in [0, 0.05) is 66.9 Å². The number of hydrogen-bond acceptors (Lipinski definition) is 8. The molecule has 8 nitrogen and oxygen atoms in total. The zero-order valence-corrected chi connectivity index (χ0v) is 61.5. The fourth-order valence-corrected chi connectivity index (χ4v) is 13.6. The molecule has 0 aliphatic heterocycles. The zero-order chi connectivity index (χ0) is 74.5. The maximum atomic E-state index is 4.96. The molecule has 524 valence electrons. The van der Waals surface area contributed by atoms with E-state index in [0.717, 1.165) is 130 Å². The molecule has 4 aromatic heterocycles. The molecule has 110 heavy (non-hydrogen) atoms. The third-order valence-electron chi connectivity index (χ3n) is 19.4. The largest absolute Gasteiger partial charge is 0.233 e. The molecule has 0 aliphatic carbocycles. The van der Waals surface area contributed by atoms with E-state index in [0.29, 0.717) is 0 Å². The van der Waals surface area contributed by atoms with Crippen LogP contribution in [0.4, 0.5) is 0 Å². The lowest BCUT2D eigenvalue weighted by Crippen LogP contribution is -1.96. The predicted octanol–water partition coefficient (Wildman–Crippen LogP) is 26.1. The van der Waals surface area contributed by atoms with E-state index in [2.05, 4.69) is 335 Å². The number of fused-ring (bicyclic) bond motifs is 4. The summed E-state index contributed by atoms with van der Waals surface area (Å²) < 4.78 is 0. The minimum absolute atomic E-state index is 0.743. The molecule has 0 saturated carbocycles. The van der Waals surface area contributed by atoms with E-state index in [1.807, 2.05) is 85.8 Å². The van der Waals surface area contributed by atoms with E-state index in [4.69, 9.17) is 34.9 Å². The Labute approximate surface area is 641 Å². The number of hydrogen-bond donors (Lipinski definition) is 0. The average molecular weight is 1410 g/mol. The Hall–Kier alpha value is -14.3. The molecule has 0 N–H and O–H groups in total. The molecule has 15 aromatic carbocycles. The van der Waals surface area contributed by atoms with Gasteiger partial charge in [0.05, 0.1) is 39.9 Å². The van der Waals surface area contributed by atoms with E-state index in [1.165, 1.54) is 59.8 Å². The van der Waals surface area contributed by atoms with Crippen molar-refractivity contribution < 1.29 is 0 Å². The summed E-state index contributed by atoms with van der Waals surface area (Å²) in [5, 5.41) is 9.66. The Morgan fingerprint density at radius 3 is 0.791 bits per heavy atom. The first-order chi connectivity index (χ1) is 54.1. The summed E-state index contributed by atoms with van der Waals surface area (Å²) in [5.41, 5.74) is 23.0. The summed E-state index contributed by atoms with van der Waals surface area (Å²) in [6, 6.07) is 134. The van der Waals surface area contributed by atoms with Gasteiger partial charge in [-0.05, 0) is 131 Å². The van der Waals surface area contributed by atoms with E-state index < -0.39 is 0 Å². The highest BCUT2D eigenvalue weighted by Gasteiger charge is 2.17. The lowest BCUT2D eigenvalue weighted by molar-refractivity contribution is 1.12. The first-order valence-electron chi connectivity index (χ1n) is 37.0. The Bertz CT molecular complexity index is 6450. The van der Waals surface area contributed by atoms with Crippen LogP contribution in [0, 0.1) is 27.7 Å². The van der Waals surface area contributed by atoms with Crippen LogP contribution in [0.25, 0.3) is 167 Å². The molecule has 4 heterocycles. The first-order valence-corrected chi connectivity index (χ1v) is 37.0. The van der Waals surface area contributed by atoms with Gasteiger partial charge in [0.25, 0.3) is 0 Å². The third kappa shape index (κ3) is 16.5. The number of rotatable bonds is 11. The lowest BCUT2D eigenvalue weighted by Gasteiger charge is -2.11. The molecule has 0 radical (unpaired) electrons. The van der Waals surface area contributed by atoms with Gasteiger partial charge in [-0.25, -0.2) is 39.9 Å². The van der Waals surface area contributed by atoms with Crippen molar-refractivity contribution in [1.29, 1.82) is 0 Å². The summed E-state index contributed by atoms with van der Waals surface area (Å²) in [6.07, 6.45) is 0. The fourth-order valence-electron chi connectivity index (χ4n) is 13.6. The van der Waals surface area contributed by atoms with Crippen molar-refractivity contribution in [3.8, 4) is 124 Å². The molecule has 19 rings (SSSR count). The Morgan fingerprint density at radius 2 is 0.427 bits per heavy atom. The lowest BCUT2D eigenvalue weighted by atomic mass is 10.0. The highest BCUT2D eigenvalue weighted by atomic mass is 14.9. The SMILES string of the molecule is Cc1cc(-c2ccccc2)nc(-c2ccc3ccccc3c2)n1.Cc1ccc(-c2cc(-c3ccccc3)nc(-c3ccc4ccccc4c3)n2)cc1.Cc1cccc(-c2cc(-c3ccccc3)nc(-c3ccc4ccccc4c3)n2)c1.Cc1ccccc1-c1cc(-c2ccccc2)nc(-c2ccc3ccccc3c2)n1. The standard InChI is InChI=1S/3C27H20N2.C21H16N2/c1-19-9-5-8-14-24(19)26-18-25(21-11-3-2-4-12-21)28-27(29-26)23-16-15-20-10-6-7-13-22(20)17-23;1-19-8-7-13-23(16-19)26-18-25(21-10-3-2-4-11-21)28-27(29-26)24-15-14-20-9-5-6-12-22(20)17-24;1-19-11-13-22(14-12-19)26-18-25(21-8-3-2-4-9-21)28-27(29-26)24-16-15-20-7-5-6-10-23(20)17-24;1-15-13-20(17-8-3-2-4-9-17)23-21(22-15)19-12-11-16-7-5-6-10-18(16)14-19/h3*2-18H,1H3;2-14H,1H3. The highest BCUT2D eigenvalue weighted by Crippen LogP contribution is 2.35. The second-order valence-corrected chi connectivity index (χ2v) is 27.4. The molecule has 8 heteroatoms. The van der Waals surface area contributed by atoms with Gasteiger partial charge in [0.15, 0.2) is 23.3 Å². The Kier molecular flexibility index (Phi) is 20.7. The van der Waals surface area contributed by atoms with Crippen molar-refractivity contribution in [1.82, 2.24) is 39.9 Å². The molecule has 0 amide bonds. The molecule has 0 bridgehead atoms. The third-order valence-corrected chi connectivity index (χ3v) is 19.4. The Balaban J connectivity index is 0.000000112. The maximum Gasteiger partial charge on any atom is 0.160 e. The minimum Gasteiger partial charge on any atom is -0.233 e. The van der Waals surface area contributed by atoms with Crippen LogP contribution in [-0.4, -0.2) is 39.9 Å². The molecule has 0 saturated heterocycles. The minimum atomic E-state index is 0.743. The number of benzene rings is 15. The van der Waals surface area contributed by atoms with E-state index in [-0.39, 0.29) is 0 Å². The molecule has 0 spiro atoms. The fraction of sp³-hybridized carbons (Fsp3) is 0.0392. The highest BCUT2D eigenvalue weighted by molar-refractivity contribution is 5.91. The predicted molar refractivity (Wildman–Crippen MR) is 457 cm³/mol. The van der Waals surface area contributed by atoms with Gasteiger partial charge < -0.3 is 0 Å². The number of aromatic nitrogens is 8. The summed E-state index contributed by atoms with van der Waals surface area (Å²) in [5.74, 6) is 3.01. The average Bonchev–Trinajstić information content (AvgIpc) is 0.800. The molecule has 19 aromatic rings. The van der Waals surface area contributed by atoms with Gasteiger partial charge in [0.2, 0.25) is 0 Å². The second kappa shape index (κ2) is 32.6. The molecule has 0 atom stereocenters. The van der Waals surface area contributed by atoms with Gasteiger partial charge in [0.1, 0.15) is 0 Å². The van der Waals surface area contributed by atoms with Crippen molar-refractivity contribution in [3.63, 3.8) is 0 Å². The van der Waals surface area contributed by atoms with Crippen LogP contribution in [0.3, 0.4) is 0 Å². The van der Waals surface area contributed by atoms with Crippen molar-refractivity contribution in [2.45, 2.75) is 27.7 Å². The summed E-state index contributed by atoms with van der Waals surface area (Å²) in [4.78, 5) is 39.0. The topological polar surface area (TPSA) is 103 Å². The normalized spacial score (nSPS) is 10.9. The summed E-state index contributed by atoms with van der Waals surface area (Å²) >= 11 is 0. The summed E-state index contributed by atoms with van der Waals surface area (Å²) in [7, 11) is 0. The van der Waals surface area contributed by atoms with E-state index in [9.17, 15) is 0 Å². The van der Waals surface area contributed by atoms with Gasteiger partial charge in [-0.15, -0.1) is 0 Å². The van der Waals surface area contributed by atoms with Gasteiger partial charge in [-0.1, -0.05) is 345 Å². The van der Waals surface area contributed by atoms with Gasteiger partial charge in [-0.3, -0.25) is 0 Å². The monoisotopic (exact) mass is 1410 g/mol. The van der Waals surface area contributed by atoms with E-state index in [1.54, 1.807) is 0 Å². The number of nitrogens with zero attached hydrogens (tertiary/aromatic N) is 8. The van der Waals surface area contributed by atoms with Crippen LogP contribution >= 0.6 is 0 Å².